The molecule has 17 heavy (non-hydrogen) atoms. The van der Waals surface area contributed by atoms with Gasteiger partial charge in [0.05, 0.1) is 18.6 Å². The number of amides is 1. The summed E-state index contributed by atoms with van der Waals surface area (Å²) in [4.78, 5) is 11.9. The predicted octanol–water partition coefficient (Wildman–Crippen LogP) is 1.60. The highest BCUT2D eigenvalue weighted by atomic mass is 79.9. The number of hydrogen-bond acceptors (Lipinski definition) is 4. The van der Waals surface area contributed by atoms with Crippen LogP contribution >= 0.6 is 15.9 Å². The van der Waals surface area contributed by atoms with Crippen LogP contribution in [0.5, 0.6) is 0 Å². The minimum Gasteiger partial charge on any atom is -0.379 e. The van der Waals surface area contributed by atoms with Gasteiger partial charge in [-0.3, -0.25) is 4.79 Å². The van der Waals surface area contributed by atoms with Crippen LogP contribution in [0.1, 0.15) is 23.0 Å². The monoisotopic (exact) mass is 300 g/mol. The van der Waals surface area contributed by atoms with Gasteiger partial charge < -0.3 is 14.6 Å². The van der Waals surface area contributed by atoms with E-state index in [1.165, 1.54) is 6.26 Å². The number of carbonyl (C=O) groups excluding carboxylic acids is 1. The molecule has 2 rings (SSSR count). The molecule has 0 radical (unpaired) electrons. The summed E-state index contributed by atoms with van der Waals surface area (Å²) in [5, 5.41) is 6.63. The van der Waals surface area contributed by atoms with E-state index in [4.69, 9.17) is 9.26 Å². The van der Waals surface area contributed by atoms with Gasteiger partial charge in [-0.05, 0) is 6.92 Å². The first-order valence-electron chi connectivity index (χ1n) is 5.17. The second kappa shape index (κ2) is 4.62. The zero-order chi connectivity index (χ0) is 12.5. The molecule has 5 nitrogen and oxygen atoms in total. The van der Waals surface area contributed by atoms with Crippen LogP contribution in [0.25, 0.3) is 0 Å². The van der Waals surface area contributed by atoms with Gasteiger partial charge in [0.1, 0.15) is 17.5 Å². The van der Waals surface area contributed by atoms with E-state index in [-0.39, 0.29) is 11.3 Å². The van der Waals surface area contributed by atoms with Crippen LogP contribution in [0.3, 0.4) is 0 Å². The zero-order valence-corrected chi connectivity index (χ0v) is 11.0. The average molecular weight is 301 g/mol. The van der Waals surface area contributed by atoms with Gasteiger partial charge in [0, 0.05) is 11.0 Å². The number of halogens is 1. The lowest BCUT2D eigenvalue weighted by Crippen LogP contribution is -2.45. The fraction of sp³-hybridized carbons (Fsp3) is 0.455. The van der Waals surface area contributed by atoms with E-state index in [2.05, 4.69) is 33.0 Å². The molecular formula is C11H13BrN2O3. The minimum atomic E-state index is -0.217. The quantitative estimate of drug-likeness (QED) is 0.917. The molecule has 1 saturated heterocycles. The van der Waals surface area contributed by atoms with Crippen LogP contribution < -0.4 is 5.32 Å². The fourth-order valence-electron chi connectivity index (χ4n) is 1.65. The summed E-state index contributed by atoms with van der Waals surface area (Å²) in [6, 6.07) is 0. The molecule has 0 atom stereocenters. The molecule has 6 heteroatoms. The second-order valence-corrected chi connectivity index (χ2v) is 5.45. The Morgan fingerprint density at radius 1 is 1.71 bits per heavy atom. The van der Waals surface area contributed by atoms with E-state index >= 15 is 0 Å². The van der Waals surface area contributed by atoms with E-state index in [0.717, 1.165) is 0 Å². The van der Waals surface area contributed by atoms with Crippen molar-refractivity contribution in [3.8, 4) is 0 Å². The molecular weight excluding hydrogens is 288 g/mol. The maximum absolute atomic E-state index is 11.9. The third-order valence-corrected chi connectivity index (χ3v) is 2.95. The van der Waals surface area contributed by atoms with Crippen LogP contribution in [0.2, 0.25) is 0 Å². The lowest BCUT2D eigenvalue weighted by Gasteiger charge is -2.36. The van der Waals surface area contributed by atoms with Gasteiger partial charge >= 0.3 is 0 Å². The van der Waals surface area contributed by atoms with Crippen molar-refractivity contribution in [1.29, 1.82) is 0 Å². The van der Waals surface area contributed by atoms with Crippen molar-refractivity contribution in [3.63, 3.8) is 0 Å². The summed E-state index contributed by atoms with van der Waals surface area (Å²) in [7, 11) is 0. The standard InChI is InChI=1S/C11H13BrN2O3/c1-7(12)3-13-10(15)8-4-17-14-9(8)11(2)5-16-6-11/h4H,1,3,5-6H2,2H3,(H,13,15). The summed E-state index contributed by atoms with van der Waals surface area (Å²) >= 11 is 3.18. The Morgan fingerprint density at radius 3 is 2.94 bits per heavy atom. The molecule has 1 aliphatic rings. The summed E-state index contributed by atoms with van der Waals surface area (Å²) in [6.07, 6.45) is 1.37. The van der Waals surface area contributed by atoms with E-state index in [1.807, 2.05) is 6.92 Å². The van der Waals surface area contributed by atoms with Crippen molar-refractivity contribution in [2.45, 2.75) is 12.3 Å². The molecule has 0 aromatic carbocycles. The highest BCUT2D eigenvalue weighted by Crippen LogP contribution is 2.32. The first-order valence-corrected chi connectivity index (χ1v) is 5.96. The number of rotatable bonds is 4. The largest absolute Gasteiger partial charge is 0.379 e. The number of hydrogen-bond donors (Lipinski definition) is 1. The van der Waals surface area contributed by atoms with Crippen LogP contribution in [0, 0.1) is 0 Å². The summed E-state index contributed by atoms with van der Waals surface area (Å²) in [5.41, 5.74) is 0.899. The van der Waals surface area contributed by atoms with Gasteiger partial charge in [-0.25, -0.2) is 0 Å². The number of ether oxygens (including phenoxy) is 1. The molecule has 1 aromatic heterocycles. The number of aromatic nitrogens is 1. The molecule has 1 N–H and O–H groups in total. The number of nitrogens with one attached hydrogen (secondary N) is 1. The summed E-state index contributed by atoms with van der Waals surface area (Å²) in [5.74, 6) is -0.213. The lowest BCUT2D eigenvalue weighted by atomic mass is 9.83. The van der Waals surface area contributed by atoms with Gasteiger partial charge in [-0.1, -0.05) is 27.7 Å². The average Bonchev–Trinajstić information content (AvgIpc) is 2.71. The molecule has 0 unspecified atom stereocenters. The minimum absolute atomic E-state index is 0.213. The predicted molar refractivity (Wildman–Crippen MR) is 65.1 cm³/mol. The molecule has 2 heterocycles. The van der Waals surface area contributed by atoms with Crippen LogP contribution in [0.15, 0.2) is 21.8 Å². The zero-order valence-electron chi connectivity index (χ0n) is 9.46. The Balaban J connectivity index is 2.13. The topological polar surface area (TPSA) is 64.4 Å². The molecule has 1 aliphatic heterocycles. The Morgan fingerprint density at radius 2 is 2.41 bits per heavy atom. The molecule has 1 amide bonds. The van der Waals surface area contributed by atoms with Gasteiger partial charge in [0.25, 0.3) is 5.91 Å². The van der Waals surface area contributed by atoms with Crippen LogP contribution in [0.4, 0.5) is 0 Å². The number of nitrogens with zero attached hydrogens (tertiary/aromatic N) is 1. The Kier molecular flexibility index (Phi) is 3.35. The van der Waals surface area contributed by atoms with Crippen molar-refractivity contribution in [3.05, 3.63) is 28.6 Å². The van der Waals surface area contributed by atoms with E-state index in [1.54, 1.807) is 0 Å². The summed E-state index contributed by atoms with van der Waals surface area (Å²) < 4.78 is 10.8. The van der Waals surface area contributed by atoms with E-state index in [0.29, 0.717) is 35.5 Å². The summed E-state index contributed by atoms with van der Waals surface area (Å²) in [6.45, 7) is 7.14. The van der Waals surface area contributed by atoms with Crippen LogP contribution in [-0.4, -0.2) is 30.8 Å². The molecule has 0 spiro atoms. The third-order valence-electron chi connectivity index (χ3n) is 2.67. The van der Waals surface area contributed by atoms with Crippen molar-refractivity contribution < 1.29 is 14.1 Å². The van der Waals surface area contributed by atoms with E-state index < -0.39 is 0 Å². The number of carbonyl (C=O) groups is 1. The third kappa shape index (κ3) is 2.42. The lowest BCUT2D eigenvalue weighted by molar-refractivity contribution is -0.0534. The Labute approximate surface area is 107 Å². The highest BCUT2D eigenvalue weighted by Gasteiger charge is 2.41. The maximum atomic E-state index is 11.9. The molecule has 1 aromatic rings. The van der Waals surface area contributed by atoms with Crippen molar-refractivity contribution >= 4 is 21.8 Å². The smallest absolute Gasteiger partial charge is 0.256 e. The molecule has 92 valence electrons. The fourth-order valence-corrected chi connectivity index (χ4v) is 1.79. The van der Waals surface area contributed by atoms with Crippen molar-refractivity contribution in [2.24, 2.45) is 0 Å². The molecule has 0 saturated carbocycles. The first-order chi connectivity index (χ1) is 8.03. The van der Waals surface area contributed by atoms with Crippen molar-refractivity contribution in [1.82, 2.24) is 10.5 Å². The second-order valence-electron chi connectivity index (χ2n) is 4.33. The molecule has 0 aliphatic carbocycles. The Bertz CT molecular complexity index is 451. The molecule has 0 bridgehead atoms. The van der Waals surface area contributed by atoms with Gasteiger partial charge in [-0.15, -0.1) is 0 Å². The maximum Gasteiger partial charge on any atom is 0.256 e. The van der Waals surface area contributed by atoms with Gasteiger partial charge in [0.15, 0.2) is 0 Å². The molecule has 1 fully saturated rings. The Hall–Kier alpha value is -1.14. The highest BCUT2D eigenvalue weighted by molar-refractivity contribution is 9.11. The first kappa shape index (κ1) is 12.3. The van der Waals surface area contributed by atoms with Gasteiger partial charge in [-0.2, -0.15) is 0 Å². The normalized spacial score (nSPS) is 17.3. The van der Waals surface area contributed by atoms with Crippen molar-refractivity contribution in [2.75, 3.05) is 19.8 Å². The van der Waals surface area contributed by atoms with Crippen LogP contribution in [-0.2, 0) is 10.2 Å². The SMILES string of the molecule is C=C(Br)CNC(=O)c1conc1C1(C)COC1. The van der Waals surface area contributed by atoms with E-state index in [9.17, 15) is 4.79 Å². The van der Waals surface area contributed by atoms with Gasteiger partial charge in [0.2, 0.25) is 0 Å².